The van der Waals surface area contributed by atoms with Crippen LogP contribution < -0.4 is 10.6 Å². The molecule has 8 heteroatoms. The average Bonchev–Trinajstić information content (AvgIpc) is 2.74. The van der Waals surface area contributed by atoms with Gasteiger partial charge in [-0.05, 0) is 55.3 Å². The first-order valence-electron chi connectivity index (χ1n) is 9.34. The van der Waals surface area contributed by atoms with Gasteiger partial charge in [-0.2, -0.15) is 0 Å². The van der Waals surface area contributed by atoms with Crippen LogP contribution in [0.5, 0.6) is 0 Å². The predicted molar refractivity (Wildman–Crippen MR) is 116 cm³/mol. The van der Waals surface area contributed by atoms with Crippen molar-refractivity contribution >= 4 is 44.8 Å². The van der Waals surface area contributed by atoms with Gasteiger partial charge in [-0.1, -0.05) is 13.0 Å². The molecule has 1 aliphatic rings. The summed E-state index contributed by atoms with van der Waals surface area (Å²) in [6, 6.07) is 10.4. The maximum absolute atomic E-state index is 12.7. The molecule has 0 saturated heterocycles. The Kier molecular flexibility index (Phi) is 6.33. The van der Waals surface area contributed by atoms with Gasteiger partial charge in [0.05, 0.1) is 16.3 Å². The zero-order valence-corrected chi connectivity index (χ0v) is 18.2. The highest BCUT2D eigenvalue weighted by Crippen LogP contribution is 2.36. The van der Waals surface area contributed by atoms with E-state index >= 15 is 0 Å². The highest BCUT2D eigenvalue weighted by Gasteiger charge is 2.23. The van der Waals surface area contributed by atoms with Crippen molar-refractivity contribution in [1.82, 2.24) is 0 Å². The summed E-state index contributed by atoms with van der Waals surface area (Å²) in [5.74, 6) is -0.794. The number of fused-ring (bicyclic) bond motifs is 1. The first-order chi connectivity index (χ1) is 13.6. The van der Waals surface area contributed by atoms with Gasteiger partial charge in [-0.15, -0.1) is 11.8 Å². The van der Waals surface area contributed by atoms with Crippen LogP contribution in [0, 0.1) is 13.8 Å². The fraction of sp³-hybridized carbons (Fsp3) is 0.333. The van der Waals surface area contributed by atoms with Gasteiger partial charge < -0.3 is 10.6 Å². The minimum atomic E-state index is -3.66. The molecule has 1 atom stereocenters. The summed E-state index contributed by atoms with van der Waals surface area (Å²) in [6.07, 6.45) is 0.227. The summed E-state index contributed by atoms with van der Waals surface area (Å²) < 4.78 is 25.4. The molecule has 2 N–H and O–H groups in total. The van der Waals surface area contributed by atoms with Crippen LogP contribution >= 0.6 is 11.8 Å². The minimum absolute atomic E-state index is 0.103. The van der Waals surface area contributed by atoms with Gasteiger partial charge in [-0.3, -0.25) is 9.59 Å². The Bertz CT molecular complexity index is 1040. The molecule has 0 bridgehead atoms. The molecule has 0 spiro atoms. The maximum atomic E-state index is 12.7. The standard InChI is InChI=1S/C21H24N2O4S2/c1-13-8-14(2)10-16(9-13)22-20(24)6-7-29(26,27)17-4-5-19-18(12-17)23-21(25)11-15(3)28-19/h4-5,8-10,12,15H,6-7,11H2,1-3H3,(H,22,24)(H,23,25). The van der Waals surface area contributed by atoms with Crippen LogP contribution in [0.25, 0.3) is 0 Å². The van der Waals surface area contributed by atoms with Crippen LogP contribution in [0.2, 0.25) is 0 Å². The average molecular weight is 433 g/mol. The number of hydrogen-bond donors (Lipinski definition) is 2. The van der Waals surface area contributed by atoms with Crippen LogP contribution in [-0.4, -0.2) is 31.2 Å². The van der Waals surface area contributed by atoms with Crippen LogP contribution in [0.3, 0.4) is 0 Å². The summed E-state index contributed by atoms with van der Waals surface area (Å²) in [4.78, 5) is 25.1. The van der Waals surface area contributed by atoms with Gasteiger partial charge >= 0.3 is 0 Å². The quantitative estimate of drug-likeness (QED) is 0.747. The molecule has 0 fully saturated rings. The van der Waals surface area contributed by atoms with E-state index in [9.17, 15) is 18.0 Å². The number of thioether (sulfide) groups is 1. The highest BCUT2D eigenvalue weighted by molar-refractivity contribution is 8.00. The Balaban J connectivity index is 1.69. The molecule has 0 aliphatic carbocycles. The van der Waals surface area contributed by atoms with E-state index < -0.39 is 9.84 Å². The smallest absolute Gasteiger partial charge is 0.225 e. The fourth-order valence-electron chi connectivity index (χ4n) is 3.24. The Hall–Kier alpha value is -2.32. The van der Waals surface area contributed by atoms with Crippen molar-refractivity contribution in [1.29, 1.82) is 0 Å². The first kappa shape index (κ1) is 21.4. The lowest BCUT2D eigenvalue weighted by Gasteiger charge is -2.11. The lowest BCUT2D eigenvalue weighted by Crippen LogP contribution is -2.18. The summed E-state index contributed by atoms with van der Waals surface area (Å²) in [7, 11) is -3.66. The van der Waals surface area contributed by atoms with Crippen LogP contribution in [0.4, 0.5) is 11.4 Å². The van der Waals surface area contributed by atoms with E-state index in [0.29, 0.717) is 17.8 Å². The second-order valence-electron chi connectivity index (χ2n) is 7.33. The molecule has 0 aromatic heterocycles. The summed E-state index contributed by atoms with van der Waals surface area (Å²) in [5, 5.41) is 5.64. The van der Waals surface area contributed by atoms with Gasteiger partial charge in [0, 0.05) is 28.7 Å². The van der Waals surface area contributed by atoms with E-state index in [-0.39, 0.29) is 34.1 Å². The zero-order valence-electron chi connectivity index (χ0n) is 16.6. The number of aryl methyl sites for hydroxylation is 2. The fourth-order valence-corrected chi connectivity index (χ4v) is 5.55. The van der Waals surface area contributed by atoms with E-state index in [0.717, 1.165) is 16.0 Å². The molecule has 2 aromatic carbocycles. The Morgan fingerprint density at radius 3 is 2.55 bits per heavy atom. The van der Waals surface area contributed by atoms with Gasteiger partial charge in [0.25, 0.3) is 0 Å². The van der Waals surface area contributed by atoms with E-state index in [1.807, 2.05) is 39.0 Å². The predicted octanol–water partition coefficient (Wildman–Crippen LogP) is 3.93. The molecule has 1 heterocycles. The normalized spacial score (nSPS) is 16.5. The second kappa shape index (κ2) is 8.59. The molecule has 154 valence electrons. The second-order valence-corrected chi connectivity index (χ2v) is 10.9. The SMILES string of the molecule is Cc1cc(C)cc(NC(=O)CCS(=O)(=O)c2ccc3c(c2)NC(=O)CC(C)S3)c1. The van der Waals surface area contributed by atoms with Crippen molar-refractivity contribution in [2.45, 2.75) is 48.7 Å². The third kappa shape index (κ3) is 5.61. The van der Waals surface area contributed by atoms with Crippen molar-refractivity contribution in [2.75, 3.05) is 16.4 Å². The molecule has 29 heavy (non-hydrogen) atoms. The summed E-state index contributed by atoms with van der Waals surface area (Å²) >= 11 is 1.54. The van der Waals surface area contributed by atoms with E-state index in [2.05, 4.69) is 10.6 Å². The van der Waals surface area contributed by atoms with Gasteiger partial charge in [0.15, 0.2) is 9.84 Å². The molecular formula is C21H24N2O4S2. The van der Waals surface area contributed by atoms with Gasteiger partial charge in [0.2, 0.25) is 11.8 Å². The van der Waals surface area contributed by atoms with Gasteiger partial charge in [0.1, 0.15) is 0 Å². The molecule has 0 saturated carbocycles. The number of carbonyl (C=O) groups excluding carboxylic acids is 2. The number of rotatable bonds is 5. The van der Waals surface area contributed by atoms with Crippen molar-refractivity contribution in [3.63, 3.8) is 0 Å². The Morgan fingerprint density at radius 2 is 1.86 bits per heavy atom. The van der Waals surface area contributed by atoms with Crippen LogP contribution in [-0.2, 0) is 19.4 Å². The number of hydrogen-bond acceptors (Lipinski definition) is 5. The number of nitrogens with one attached hydrogen (secondary N) is 2. The minimum Gasteiger partial charge on any atom is -0.326 e. The van der Waals surface area contributed by atoms with E-state index in [1.165, 1.54) is 23.9 Å². The van der Waals surface area contributed by atoms with Crippen molar-refractivity contribution in [2.24, 2.45) is 0 Å². The molecule has 2 aromatic rings. The maximum Gasteiger partial charge on any atom is 0.225 e. The number of amides is 2. The van der Waals surface area contributed by atoms with Crippen LogP contribution in [0.1, 0.15) is 30.9 Å². The number of carbonyl (C=O) groups is 2. The molecule has 2 amide bonds. The van der Waals surface area contributed by atoms with Crippen molar-refractivity contribution in [3.8, 4) is 0 Å². The summed E-state index contributed by atoms with van der Waals surface area (Å²) in [5.41, 5.74) is 3.20. The van der Waals surface area contributed by atoms with E-state index in [4.69, 9.17) is 0 Å². The number of anilines is 2. The third-order valence-electron chi connectivity index (χ3n) is 4.49. The third-order valence-corrected chi connectivity index (χ3v) is 7.38. The Labute approximate surface area is 175 Å². The molecule has 0 radical (unpaired) electrons. The lowest BCUT2D eigenvalue weighted by molar-refractivity contribution is -0.116. The van der Waals surface area contributed by atoms with Crippen molar-refractivity contribution < 1.29 is 18.0 Å². The van der Waals surface area contributed by atoms with Crippen LogP contribution in [0.15, 0.2) is 46.2 Å². The molecular weight excluding hydrogens is 408 g/mol. The molecule has 3 rings (SSSR count). The largest absolute Gasteiger partial charge is 0.326 e. The molecule has 1 unspecified atom stereocenters. The summed E-state index contributed by atoms with van der Waals surface area (Å²) in [6.45, 7) is 5.82. The van der Waals surface area contributed by atoms with Crippen molar-refractivity contribution in [3.05, 3.63) is 47.5 Å². The topological polar surface area (TPSA) is 92.3 Å². The monoisotopic (exact) mass is 432 g/mol. The molecule has 1 aliphatic heterocycles. The van der Waals surface area contributed by atoms with E-state index in [1.54, 1.807) is 6.07 Å². The van der Waals surface area contributed by atoms with Gasteiger partial charge in [-0.25, -0.2) is 8.42 Å². The highest BCUT2D eigenvalue weighted by atomic mass is 32.2. The number of benzene rings is 2. The first-order valence-corrected chi connectivity index (χ1v) is 11.9. The Morgan fingerprint density at radius 1 is 1.17 bits per heavy atom. The number of sulfone groups is 1. The zero-order chi connectivity index (χ0) is 21.2. The molecule has 6 nitrogen and oxygen atoms in total. The lowest BCUT2D eigenvalue weighted by atomic mass is 10.1.